The topological polar surface area (TPSA) is 136 Å². The van der Waals surface area contributed by atoms with Gasteiger partial charge < -0.3 is 30.6 Å². The molecule has 0 radical (unpaired) electrons. The van der Waals surface area contributed by atoms with Gasteiger partial charge in [0.1, 0.15) is 30.1 Å². The molecule has 2 aromatic heterocycles. The third-order valence-electron chi connectivity index (χ3n) is 6.16. The lowest BCUT2D eigenvalue weighted by molar-refractivity contribution is -0.115. The number of nitrogens with zero attached hydrogens (tertiary/aromatic N) is 3. The van der Waals surface area contributed by atoms with Gasteiger partial charge in [0.2, 0.25) is 0 Å². The van der Waals surface area contributed by atoms with Gasteiger partial charge in [0, 0.05) is 25.1 Å². The molecule has 0 aliphatic carbocycles. The van der Waals surface area contributed by atoms with Crippen LogP contribution in [0, 0.1) is 11.8 Å². The first-order valence-electron chi connectivity index (χ1n) is 11.5. The van der Waals surface area contributed by atoms with Crippen LogP contribution in [0.4, 0.5) is 5.82 Å². The number of ether oxygens (including phenoxy) is 1. The minimum atomic E-state index is -0.807. The van der Waals surface area contributed by atoms with Gasteiger partial charge in [0.05, 0.1) is 23.7 Å². The molecule has 0 bridgehead atoms. The first-order valence-corrected chi connectivity index (χ1v) is 11.5. The van der Waals surface area contributed by atoms with Crippen molar-refractivity contribution in [3.8, 4) is 23.0 Å². The molecule has 1 saturated heterocycles. The van der Waals surface area contributed by atoms with Crippen LogP contribution >= 0.6 is 0 Å². The van der Waals surface area contributed by atoms with E-state index in [0.717, 1.165) is 16.7 Å². The Balaban J connectivity index is 1.30. The van der Waals surface area contributed by atoms with Crippen molar-refractivity contribution in [2.75, 3.05) is 12.3 Å². The highest BCUT2D eigenvalue weighted by Gasteiger charge is 2.35. The summed E-state index contributed by atoms with van der Waals surface area (Å²) in [6.45, 7) is 0.0434. The maximum atomic E-state index is 12.4. The fourth-order valence-electron chi connectivity index (χ4n) is 4.27. The third-order valence-corrected chi connectivity index (χ3v) is 6.16. The maximum absolute atomic E-state index is 12.4. The van der Waals surface area contributed by atoms with Crippen LogP contribution in [0.2, 0.25) is 0 Å². The number of hydrogen-bond donors (Lipinski definition) is 4. The van der Waals surface area contributed by atoms with Gasteiger partial charge in [-0.05, 0) is 16.7 Å². The van der Waals surface area contributed by atoms with Crippen molar-refractivity contribution < 1.29 is 19.7 Å². The minimum Gasteiger partial charge on any atom is -0.394 e. The van der Waals surface area contributed by atoms with Gasteiger partial charge in [-0.2, -0.15) is 0 Å². The van der Waals surface area contributed by atoms with E-state index in [1.165, 1.54) is 6.33 Å². The lowest BCUT2D eigenvalue weighted by Crippen LogP contribution is -2.24. The number of anilines is 1. The van der Waals surface area contributed by atoms with E-state index in [1.54, 1.807) is 10.8 Å². The van der Waals surface area contributed by atoms with Gasteiger partial charge in [-0.3, -0.25) is 4.79 Å². The second-order valence-corrected chi connectivity index (χ2v) is 8.52. The van der Waals surface area contributed by atoms with E-state index in [2.05, 4.69) is 27.1 Å². The highest BCUT2D eigenvalue weighted by Crippen LogP contribution is 2.33. The molecule has 3 atom stereocenters. The number of rotatable bonds is 5. The molecule has 0 unspecified atom stereocenters. The quantitative estimate of drug-likeness (QED) is 0.319. The molecule has 1 aliphatic heterocycles. The summed E-state index contributed by atoms with van der Waals surface area (Å²) in [6, 6.07) is 18.0. The van der Waals surface area contributed by atoms with Crippen LogP contribution in [-0.2, 0) is 16.1 Å². The van der Waals surface area contributed by atoms with Crippen molar-refractivity contribution in [2.45, 2.75) is 31.4 Å². The lowest BCUT2D eigenvalue weighted by Gasteiger charge is -2.14. The molecule has 5 rings (SSSR count). The first-order chi connectivity index (χ1) is 17.5. The fraction of sp³-hybridized carbons (Fsp3) is 0.222. The van der Waals surface area contributed by atoms with E-state index in [0.29, 0.717) is 23.1 Å². The molecule has 3 heterocycles. The number of benzene rings is 2. The SMILES string of the molecule is Nc1ncnc2c1c(C#CC(=O)NCc1ccc(-c3ccccc3)cc1)cn2[C@H]1C[C@@H](O)[C@@H](CO)O1. The van der Waals surface area contributed by atoms with Gasteiger partial charge in [-0.15, -0.1) is 0 Å². The van der Waals surface area contributed by atoms with E-state index in [9.17, 15) is 15.0 Å². The van der Waals surface area contributed by atoms with Crippen molar-refractivity contribution in [1.82, 2.24) is 19.9 Å². The van der Waals surface area contributed by atoms with Gasteiger partial charge in [-0.1, -0.05) is 60.5 Å². The number of aromatic nitrogens is 3. The van der Waals surface area contributed by atoms with E-state index in [-0.39, 0.29) is 18.8 Å². The zero-order valence-corrected chi connectivity index (χ0v) is 19.3. The molecule has 1 aliphatic rings. The highest BCUT2D eigenvalue weighted by molar-refractivity contribution is 5.97. The smallest absolute Gasteiger partial charge is 0.296 e. The Morgan fingerprint density at radius 2 is 1.89 bits per heavy atom. The van der Waals surface area contributed by atoms with Gasteiger partial charge in [-0.25, -0.2) is 9.97 Å². The van der Waals surface area contributed by atoms with E-state index < -0.39 is 24.3 Å². The molecule has 182 valence electrons. The third kappa shape index (κ3) is 4.78. The molecule has 0 spiro atoms. The van der Waals surface area contributed by atoms with Gasteiger partial charge in [0.25, 0.3) is 5.91 Å². The molecular formula is C27H25N5O4. The van der Waals surface area contributed by atoms with Crippen LogP contribution in [0.5, 0.6) is 0 Å². The van der Waals surface area contributed by atoms with E-state index in [1.807, 2.05) is 54.6 Å². The summed E-state index contributed by atoms with van der Waals surface area (Å²) in [4.78, 5) is 20.8. The van der Waals surface area contributed by atoms with Crippen LogP contribution < -0.4 is 11.1 Å². The number of carbonyl (C=O) groups is 1. The summed E-state index contributed by atoms with van der Waals surface area (Å²) in [7, 11) is 0. The van der Waals surface area contributed by atoms with E-state index >= 15 is 0 Å². The molecule has 2 aromatic carbocycles. The Hall–Kier alpha value is -4.23. The Kier molecular flexibility index (Phi) is 6.64. The van der Waals surface area contributed by atoms with Crippen LogP contribution in [0.15, 0.2) is 67.1 Å². The number of carbonyl (C=O) groups excluding carboxylic acids is 1. The summed E-state index contributed by atoms with van der Waals surface area (Å²) in [5.41, 5.74) is 10.2. The summed E-state index contributed by atoms with van der Waals surface area (Å²) in [5.74, 6) is 5.25. The Morgan fingerprint density at radius 1 is 1.14 bits per heavy atom. The second kappa shape index (κ2) is 10.2. The molecule has 0 saturated carbocycles. The number of nitrogen functional groups attached to an aromatic ring is 1. The number of fused-ring (bicyclic) bond motifs is 1. The number of nitrogens with two attached hydrogens (primary N) is 1. The van der Waals surface area contributed by atoms with Crippen molar-refractivity contribution in [3.63, 3.8) is 0 Å². The van der Waals surface area contributed by atoms with Crippen molar-refractivity contribution in [1.29, 1.82) is 0 Å². The average Bonchev–Trinajstić information content (AvgIpc) is 3.47. The standard InChI is InChI=1S/C27H25N5O4/c28-26-25-20(14-32(27(25)31-16-30-26)24-12-21(34)22(15-33)36-24)10-11-23(35)29-13-17-6-8-19(9-7-17)18-4-2-1-3-5-18/h1-9,14,16,21-22,24,33-34H,12-13,15H2,(H,29,35)(H2,28,30,31)/t21-,22-,24-/m1/s1. The van der Waals surface area contributed by atoms with Crippen molar-refractivity contribution >= 4 is 22.8 Å². The van der Waals surface area contributed by atoms with Crippen molar-refractivity contribution in [2.24, 2.45) is 0 Å². The number of hydrogen-bond acceptors (Lipinski definition) is 7. The molecule has 9 nitrogen and oxygen atoms in total. The van der Waals surface area contributed by atoms with Gasteiger partial charge in [0.15, 0.2) is 0 Å². The number of aliphatic hydroxyl groups is 2. The molecular weight excluding hydrogens is 458 g/mol. The first kappa shape index (κ1) is 23.5. The van der Waals surface area contributed by atoms with Crippen LogP contribution in [0.3, 0.4) is 0 Å². The van der Waals surface area contributed by atoms with Gasteiger partial charge >= 0.3 is 0 Å². The molecule has 9 heteroatoms. The van der Waals surface area contributed by atoms with Crippen LogP contribution in [0.25, 0.3) is 22.2 Å². The summed E-state index contributed by atoms with van der Waals surface area (Å²) < 4.78 is 7.45. The molecule has 1 amide bonds. The predicted octanol–water partition coefficient (Wildman–Crippen LogP) is 1.99. The number of amides is 1. The Morgan fingerprint density at radius 3 is 2.61 bits per heavy atom. The van der Waals surface area contributed by atoms with Crippen LogP contribution in [-0.4, -0.2) is 49.5 Å². The summed E-state index contributed by atoms with van der Waals surface area (Å²) in [5, 5.41) is 22.8. The van der Waals surface area contributed by atoms with E-state index in [4.69, 9.17) is 10.5 Å². The molecule has 4 aromatic rings. The van der Waals surface area contributed by atoms with Crippen LogP contribution in [0.1, 0.15) is 23.8 Å². The fourth-order valence-corrected chi connectivity index (χ4v) is 4.27. The van der Waals surface area contributed by atoms with Crippen molar-refractivity contribution in [3.05, 3.63) is 78.2 Å². The molecule has 1 fully saturated rings. The monoisotopic (exact) mass is 483 g/mol. The average molecular weight is 484 g/mol. The normalized spacial score (nSPS) is 19.1. The molecule has 5 N–H and O–H groups in total. The summed E-state index contributed by atoms with van der Waals surface area (Å²) in [6.07, 6.45) is 1.23. The number of nitrogens with one attached hydrogen (secondary N) is 1. The predicted molar refractivity (Wildman–Crippen MR) is 134 cm³/mol. The highest BCUT2D eigenvalue weighted by atomic mass is 16.5. The minimum absolute atomic E-state index is 0.221. The number of aliphatic hydroxyl groups excluding tert-OH is 2. The summed E-state index contributed by atoms with van der Waals surface area (Å²) >= 11 is 0. The molecule has 36 heavy (non-hydrogen) atoms. The second-order valence-electron chi connectivity index (χ2n) is 8.52. The zero-order valence-electron chi connectivity index (χ0n) is 19.3. The largest absolute Gasteiger partial charge is 0.394 e. The maximum Gasteiger partial charge on any atom is 0.296 e. The Labute approximate surface area is 207 Å². The lowest BCUT2D eigenvalue weighted by atomic mass is 10.0. The zero-order chi connectivity index (χ0) is 25.1. The Bertz CT molecular complexity index is 1440.